The fourth-order valence-electron chi connectivity index (χ4n) is 3.03. The molecule has 1 N–H and O–H groups in total. The fraction of sp³-hybridized carbons (Fsp3) is 0.0455. The Hall–Kier alpha value is -3.23. The molecule has 1 aliphatic heterocycles. The lowest BCUT2D eigenvalue weighted by molar-refractivity contribution is -0.122. The van der Waals surface area contributed by atoms with E-state index < -0.39 is 11.8 Å². The van der Waals surface area contributed by atoms with E-state index in [1.54, 1.807) is 36.4 Å². The lowest BCUT2D eigenvalue weighted by Gasteiger charge is -2.29. The van der Waals surface area contributed by atoms with Gasteiger partial charge in [-0.15, -0.1) is 0 Å². The average molecular weight is 483 g/mol. The summed E-state index contributed by atoms with van der Waals surface area (Å²) in [7, 11) is 1.50. The molecule has 1 aliphatic rings. The van der Waals surface area contributed by atoms with Crippen LogP contribution in [-0.4, -0.2) is 24.0 Å². The molecule has 8 heteroatoms. The number of hydrogen-bond acceptors (Lipinski definition) is 5. The van der Waals surface area contributed by atoms with Crippen molar-refractivity contribution in [2.45, 2.75) is 0 Å². The molecule has 0 radical (unpaired) electrons. The van der Waals surface area contributed by atoms with E-state index >= 15 is 0 Å². The molecule has 30 heavy (non-hydrogen) atoms. The molecule has 0 unspecified atom stereocenters. The standard InChI is InChI=1S/C22H15BrN2O4S/c1-28-19-5-3-2-4-17(19)25-21(27)16(20(26)24-22(25)30)12-15-10-11-18(29-15)13-6-8-14(23)9-7-13/h2-12H,1H3,(H,24,26,30)/b16-12-. The molecule has 4 rings (SSSR count). The van der Waals surface area contributed by atoms with Crippen LogP contribution in [0.15, 0.2) is 75.1 Å². The molecule has 1 fully saturated rings. The van der Waals surface area contributed by atoms with E-state index in [1.807, 2.05) is 24.3 Å². The molecule has 6 nitrogen and oxygen atoms in total. The highest BCUT2D eigenvalue weighted by molar-refractivity contribution is 9.10. The normalized spacial score (nSPS) is 15.5. The minimum absolute atomic E-state index is 0.0124. The third kappa shape index (κ3) is 3.79. The number of hydrogen-bond donors (Lipinski definition) is 1. The minimum atomic E-state index is -0.585. The molecule has 0 atom stereocenters. The van der Waals surface area contributed by atoms with Gasteiger partial charge in [0.05, 0.1) is 12.8 Å². The molecule has 1 aromatic heterocycles. The van der Waals surface area contributed by atoms with Crippen LogP contribution in [0, 0.1) is 0 Å². The number of carbonyl (C=O) groups is 2. The zero-order valence-corrected chi connectivity index (χ0v) is 18.1. The number of benzene rings is 2. The Bertz CT molecular complexity index is 1180. The van der Waals surface area contributed by atoms with Crippen molar-refractivity contribution in [3.8, 4) is 17.1 Å². The van der Waals surface area contributed by atoms with Crippen LogP contribution >= 0.6 is 28.1 Å². The topological polar surface area (TPSA) is 71.8 Å². The molecule has 150 valence electrons. The molecule has 0 aliphatic carbocycles. The predicted octanol–water partition coefficient (Wildman–Crippen LogP) is 4.55. The fourth-order valence-corrected chi connectivity index (χ4v) is 3.57. The van der Waals surface area contributed by atoms with Gasteiger partial charge in [-0.25, -0.2) is 4.90 Å². The number of ether oxygens (including phenoxy) is 1. The van der Waals surface area contributed by atoms with E-state index in [0.29, 0.717) is 23.0 Å². The molecule has 0 saturated carbocycles. The van der Waals surface area contributed by atoms with Crippen LogP contribution in [0.3, 0.4) is 0 Å². The van der Waals surface area contributed by atoms with E-state index in [2.05, 4.69) is 21.2 Å². The van der Waals surface area contributed by atoms with E-state index in [4.69, 9.17) is 21.4 Å². The smallest absolute Gasteiger partial charge is 0.270 e. The Labute approximate surface area is 186 Å². The summed E-state index contributed by atoms with van der Waals surface area (Å²) in [5, 5.41) is 2.54. The second-order valence-corrected chi connectivity index (χ2v) is 7.64. The van der Waals surface area contributed by atoms with Gasteiger partial charge >= 0.3 is 0 Å². The van der Waals surface area contributed by atoms with Gasteiger partial charge in [0.1, 0.15) is 22.8 Å². The maximum atomic E-state index is 13.1. The first-order valence-electron chi connectivity index (χ1n) is 8.88. The van der Waals surface area contributed by atoms with Gasteiger partial charge in [0, 0.05) is 10.0 Å². The third-order valence-electron chi connectivity index (χ3n) is 4.47. The highest BCUT2D eigenvalue weighted by atomic mass is 79.9. The number of methoxy groups -OCH3 is 1. The summed E-state index contributed by atoms with van der Waals surface area (Å²) in [6.07, 6.45) is 1.41. The van der Waals surface area contributed by atoms with Crippen molar-refractivity contribution in [1.29, 1.82) is 0 Å². The number of amides is 2. The van der Waals surface area contributed by atoms with Crippen molar-refractivity contribution in [3.63, 3.8) is 0 Å². The van der Waals surface area contributed by atoms with Crippen molar-refractivity contribution in [2.75, 3.05) is 12.0 Å². The van der Waals surface area contributed by atoms with Gasteiger partial charge in [0.2, 0.25) is 0 Å². The molecule has 2 aromatic carbocycles. The van der Waals surface area contributed by atoms with E-state index in [1.165, 1.54) is 18.1 Å². The third-order valence-corrected chi connectivity index (χ3v) is 5.28. The molecular weight excluding hydrogens is 468 g/mol. The Balaban J connectivity index is 1.69. The molecule has 2 heterocycles. The lowest BCUT2D eigenvalue weighted by Crippen LogP contribution is -2.54. The van der Waals surface area contributed by atoms with Crippen LogP contribution in [0.25, 0.3) is 17.4 Å². The van der Waals surface area contributed by atoms with Crippen molar-refractivity contribution < 1.29 is 18.7 Å². The first-order chi connectivity index (χ1) is 14.5. The Morgan fingerprint density at radius 3 is 2.53 bits per heavy atom. The summed E-state index contributed by atoms with van der Waals surface area (Å²) < 4.78 is 12.1. The Kier molecular flexibility index (Phi) is 5.52. The van der Waals surface area contributed by atoms with Crippen molar-refractivity contribution in [3.05, 3.63) is 76.5 Å². The number of nitrogens with zero attached hydrogens (tertiary/aromatic N) is 1. The highest BCUT2D eigenvalue weighted by Crippen LogP contribution is 2.31. The summed E-state index contributed by atoms with van der Waals surface area (Å²) in [5.74, 6) is 0.307. The maximum Gasteiger partial charge on any atom is 0.270 e. The van der Waals surface area contributed by atoms with Crippen LogP contribution in [0.2, 0.25) is 0 Å². The first kappa shape index (κ1) is 20.1. The lowest BCUT2D eigenvalue weighted by atomic mass is 10.1. The summed E-state index contributed by atoms with van der Waals surface area (Å²) in [4.78, 5) is 26.8. The molecular formula is C22H15BrN2O4S. The van der Waals surface area contributed by atoms with Crippen molar-refractivity contribution in [2.24, 2.45) is 0 Å². The van der Waals surface area contributed by atoms with Gasteiger partial charge in [-0.2, -0.15) is 0 Å². The number of thiocarbonyl (C=S) groups is 1. The quantitative estimate of drug-likeness (QED) is 0.335. The monoisotopic (exact) mass is 482 g/mol. The number of halogens is 1. The molecule has 2 amide bonds. The van der Waals surface area contributed by atoms with Gasteiger partial charge in [-0.05, 0) is 54.7 Å². The number of nitrogens with one attached hydrogen (secondary N) is 1. The molecule has 3 aromatic rings. The van der Waals surface area contributed by atoms with Crippen LogP contribution in [0.4, 0.5) is 5.69 Å². The second kappa shape index (κ2) is 8.25. The summed E-state index contributed by atoms with van der Waals surface area (Å²) in [6.45, 7) is 0. The predicted molar refractivity (Wildman–Crippen MR) is 121 cm³/mol. The summed E-state index contributed by atoms with van der Waals surface area (Å²) >= 11 is 8.63. The minimum Gasteiger partial charge on any atom is -0.495 e. The zero-order valence-electron chi connectivity index (χ0n) is 15.7. The molecule has 0 bridgehead atoms. The highest BCUT2D eigenvalue weighted by Gasteiger charge is 2.36. The van der Waals surface area contributed by atoms with Gasteiger partial charge < -0.3 is 9.15 Å². The Morgan fingerprint density at radius 1 is 1.07 bits per heavy atom. The number of anilines is 1. The maximum absolute atomic E-state index is 13.1. The van der Waals surface area contributed by atoms with Gasteiger partial charge in [-0.3, -0.25) is 14.9 Å². The van der Waals surface area contributed by atoms with Crippen LogP contribution < -0.4 is 15.0 Å². The van der Waals surface area contributed by atoms with E-state index in [0.717, 1.165) is 10.0 Å². The largest absolute Gasteiger partial charge is 0.495 e. The van der Waals surface area contributed by atoms with Crippen molar-refractivity contribution >= 4 is 56.8 Å². The number of furan rings is 1. The SMILES string of the molecule is COc1ccccc1N1C(=O)/C(=C\c2ccc(-c3ccc(Br)cc3)o2)C(=O)NC1=S. The van der Waals surface area contributed by atoms with Crippen molar-refractivity contribution in [1.82, 2.24) is 5.32 Å². The van der Waals surface area contributed by atoms with Gasteiger partial charge in [-0.1, -0.05) is 40.2 Å². The van der Waals surface area contributed by atoms with Crippen LogP contribution in [0.5, 0.6) is 5.75 Å². The van der Waals surface area contributed by atoms with E-state index in [-0.39, 0.29) is 10.7 Å². The number of para-hydroxylation sites is 2. The molecule has 1 saturated heterocycles. The van der Waals surface area contributed by atoms with Gasteiger partial charge in [0.25, 0.3) is 11.8 Å². The molecule has 0 spiro atoms. The zero-order chi connectivity index (χ0) is 21.3. The average Bonchev–Trinajstić information content (AvgIpc) is 3.20. The Morgan fingerprint density at radius 2 is 1.80 bits per heavy atom. The van der Waals surface area contributed by atoms with E-state index in [9.17, 15) is 9.59 Å². The summed E-state index contributed by atoms with van der Waals surface area (Å²) in [5.41, 5.74) is 1.22. The number of rotatable bonds is 4. The first-order valence-corrected chi connectivity index (χ1v) is 10.1. The number of carbonyl (C=O) groups excluding carboxylic acids is 2. The summed E-state index contributed by atoms with van der Waals surface area (Å²) in [6, 6.07) is 18.0. The van der Waals surface area contributed by atoms with Crippen LogP contribution in [0.1, 0.15) is 5.76 Å². The second-order valence-electron chi connectivity index (χ2n) is 6.34. The van der Waals surface area contributed by atoms with Gasteiger partial charge in [0.15, 0.2) is 5.11 Å². The van der Waals surface area contributed by atoms with Crippen LogP contribution in [-0.2, 0) is 9.59 Å².